The molecule has 15 heavy (non-hydrogen) atoms. The second-order valence-corrected chi connectivity index (χ2v) is 5.18. The van der Waals surface area contributed by atoms with E-state index in [0.29, 0.717) is 17.9 Å². The molecule has 0 aromatic rings. The van der Waals surface area contributed by atoms with Crippen molar-refractivity contribution in [2.24, 2.45) is 5.92 Å². The molecule has 0 aliphatic heterocycles. The maximum atomic E-state index is 11.9. The van der Waals surface area contributed by atoms with Gasteiger partial charge in [-0.15, -0.1) is 0 Å². The van der Waals surface area contributed by atoms with Crippen LogP contribution < -0.4 is 5.32 Å². The van der Waals surface area contributed by atoms with Gasteiger partial charge in [0.05, 0.1) is 0 Å². The van der Waals surface area contributed by atoms with Crippen LogP contribution in [0.4, 0.5) is 0 Å². The number of nitrogens with one attached hydrogen (secondary N) is 1. The van der Waals surface area contributed by atoms with Gasteiger partial charge in [0.15, 0.2) is 0 Å². The predicted octanol–water partition coefficient (Wildman–Crippen LogP) is 3.02. The molecule has 2 heteroatoms. The highest BCUT2D eigenvalue weighted by molar-refractivity contribution is 5.79. The summed E-state index contributed by atoms with van der Waals surface area (Å²) in [6.45, 7) is 0. The summed E-state index contributed by atoms with van der Waals surface area (Å²) in [4.78, 5) is 11.9. The SMILES string of the molecule is O=C(NC1CCCCCC1)C1CCCC1. The molecule has 0 radical (unpaired) electrons. The zero-order valence-electron chi connectivity index (χ0n) is 9.63. The van der Waals surface area contributed by atoms with Gasteiger partial charge in [-0.3, -0.25) is 4.79 Å². The first kappa shape index (κ1) is 11.0. The fourth-order valence-corrected chi connectivity index (χ4v) is 2.93. The van der Waals surface area contributed by atoms with Crippen LogP contribution in [0.15, 0.2) is 0 Å². The van der Waals surface area contributed by atoms with Crippen LogP contribution in [0.2, 0.25) is 0 Å². The fraction of sp³-hybridized carbons (Fsp3) is 0.923. The molecule has 0 unspecified atom stereocenters. The highest BCUT2D eigenvalue weighted by atomic mass is 16.1. The summed E-state index contributed by atoms with van der Waals surface area (Å²) < 4.78 is 0. The van der Waals surface area contributed by atoms with E-state index in [1.54, 1.807) is 0 Å². The third kappa shape index (κ3) is 3.22. The van der Waals surface area contributed by atoms with Crippen molar-refractivity contribution in [2.75, 3.05) is 0 Å². The van der Waals surface area contributed by atoms with E-state index < -0.39 is 0 Å². The summed E-state index contributed by atoms with van der Waals surface area (Å²) in [6.07, 6.45) is 12.5. The van der Waals surface area contributed by atoms with Gasteiger partial charge in [0.2, 0.25) is 5.91 Å². The Morgan fingerprint density at radius 2 is 1.33 bits per heavy atom. The van der Waals surface area contributed by atoms with Crippen molar-refractivity contribution in [2.45, 2.75) is 70.3 Å². The largest absolute Gasteiger partial charge is 0.353 e. The van der Waals surface area contributed by atoms with Crippen LogP contribution in [0, 0.1) is 5.92 Å². The van der Waals surface area contributed by atoms with E-state index in [0.717, 1.165) is 12.8 Å². The van der Waals surface area contributed by atoms with Crippen molar-refractivity contribution in [3.8, 4) is 0 Å². The molecule has 2 aliphatic carbocycles. The molecule has 2 nitrogen and oxygen atoms in total. The standard InChI is InChI=1S/C13H23NO/c15-13(11-7-5-6-8-11)14-12-9-3-1-2-4-10-12/h11-12H,1-10H2,(H,14,15). The van der Waals surface area contributed by atoms with Crippen LogP contribution in [0.1, 0.15) is 64.2 Å². The van der Waals surface area contributed by atoms with Crippen LogP contribution in [-0.2, 0) is 4.79 Å². The molecule has 0 aromatic heterocycles. The number of amides is 1. The maximum absolute atomic E-state index is 11.9. The Hall–Kier alpha value is -0.530. The van der Waals surface area contributed by atoms with Gasteiger partial charge >= 0.3 is 0 Å². The smallest absolute Gasteiger partial charge is 0.223 e. The third-order valence-electron chi connectivity index (χ3n) is 3.93. The van der Waals surface area contributed by atoms with Gasteiger partial charge in [-0.05, 0) is 25.7 Å². The number of hydrogen-bond donors (Lipinski definition) is 1. The Kier molecular flexibility index (Phi) is 4.04. The Labute approximate surface area is 92.8 Å². The van der Waals surface area contributed by atoms with Crippen LogP contribution in [0.5, 0.6) is 0 Å². The average molecular weight is 209 g/mol. The minimum absolute atomic E-state index is 0.341. The van der Waals surface area contributed by atoms with Gasteiger partial charge in [0.1, 0.15) is 0 Å². The lowest BCUT2D eigenvalue weighted by Crippen LogP contribution is -2.37. The zero-order chi connectivity index (χ0) is 10.5. The minimum Gasteiger partial charge on any atom is -0.353 e. The first-order valence-electron chi connectivity index (χ1n) is 6.66. The van der Waals surface area contributed by atoms with E-state index in [1.807, 2.05) is 0 Å². The van der Waals surface area contributed by atoms with Crippen molar-refractivity contribution in [1.29, 1.82) is 0 Å². The van der Waals surface area contributed by atoms with Crippen LogP contribution >= 0.6 is 0 Å². The van der Waals surface area contributed by atoms with E-state index in [9.17, 15) is 4.79 Å². The number of carbonyl (C=O) groups excluding carboxylic acids is 1. The molecular formula is C13H23NO. The number of hydrogen-bond acceptors (Lipinski definition) is 1. The van der Waals surface area contributed by atoms with Crippen molar-refractivity contribution in [3.63, 3.8) is 0 Å². The monoisotopic (exact) mass is 209 g/mol. The summed E-state index contributed by atoms with van der Waals surface area (Å²) in [5, 5.41) is 3.26. The molecule has 0 atom stereocenters. The summed E-state index contributed by atoms with van der Waals surface area (Å²) in [5.74, 6) is 0.688. The molecule has 0 heterocycles. The Balaban J connectivity index is 1.76. The van der Waals surface area contributed by atoms with Gasteiger partial charge < -0.3 is 5.32 Å². The Bertz CT molecular complexity index is 201. The van der Waals surface area contributed by atoms with E-state index in [4.69, 9.17) is 0 Å². The Morgan fingerprint density at radius 1 is 0.800 bits per heavy atom. The summed E-state index contributed by atoms with van der Waals surface area (Å²) in [6, 6.07) is 0.487. The molecule has 2 aliphatic rings. The zero-order valence-corrected chi connectivity index (χ0v) is 9.63. The van der Waals surface area contributed by atoms with E-state index in [-0.39, 0.29) is 0 Å². The topological polar surface area (TPSA) is 29.1 Å². The highest BCUT2D eigenvalue weighted by Gasteiger charge is 2.24. The van der Waals surface area contributed by atoms with Crippen molar-refractivity contribution < 1.29 is 4.79 Å². The molecule has 1 amide bonds. The predicted molar refractivity (Wildman–Crippen MR) is 61.6 cm³/mol. The summed E-state index contributed by atoms with van der Waals surface area (Å²) >= 11 is 0. The van der Waals surface area contributed by atoms with E-state index in [1.165, 1.54) is 51.4 Å². The normalized spacial score (nSPS) is 25.1. The first-order chi connectivity index (χ1) is 7.36. The van der Waals surface area contributed by atoms with Crippen LogP contribution in [0.25, 0.3) is 0 Å². The van der Waals surface area contributed by atoms with Gasteiger partial charge in [-0.2, -0.15) is 0 Å². The van der Waals surface area contributed by atoms with Gasteiger partial charge in [0, 0.05) is 12.0 Å². The second-order valence-electron chi connectivity index (χ2n) is 5.18. The third-order valence-corrected chi connectivity index (χ3v) is 3.93. The molecule has 1 N–H and O–H groups in total. The molecule has 0 saturated heterocycles. The lowest BCUT2D eigenvalue weighted by Gasteiger charge is -2.18. The number of rotatable bonds is 2. The second kappa shape index (κ2) is 5.53. The van der Waals surface area contributed by atoms with Gasteiger partial charge in [-0.1, -0.05) is 38.5 Å². The molecule has 0 bridgehead atoms. The van der Waals surface area contributed by atoms with Crippen molar-refractivity contribution in [3.05, 3.63) is 0 Å². The minimum atomic E-state index is 0.341. The maximum Gasteiger partial charge on any atom is 0.223 e. The number of carbonyl (C=O) groups is 1. The van der Waals surface area contributed by atoms with Crippen molar-refractivity contribution in [1.82, 2.24) is 5.32 Å². The molecule has 2 fully saturated rings. The Morgan fingerprint density at radius 3 is 1.93 bits per heavy atom. The molecule has 2 saturated carbocycles. The first-order valence-corrected chi connectivity index (χ1v) is 6.66. The average Bonchev–Trinajstić information content (AvgIpc) is 2.65. The molecule has 0 aromatic carbocycles. The van der Waals surface area contributed by atoms with Crippen LogP contribution in [-0.4, -0.2) is 11.9 Å². The van der Waals surface area contributed by atoms with E-state index >= 15 is 0 Å². The molecule has 86 valence electrons. The summed E-state index contributed by atoms with van der Waals surface area (Å²) in [7, 11) is 0. The van der Waals surface area contributed by atoms with Crippen molar-refractivity contribution >= 4 is 5.91 Å². The van der Waals surface area contributed by atoms with Gasteiger partial charge in [0.25, 0.3) is 0 Å². The fourth-order valence-electron chi connectivity index (χ4n) is 2.93. The highest BCUT2D eigenvalue weighted by Crippen LogP contribution is 2.25. The van der Waals surface area contributed by atoms with Gasteiger partial charge in [-0.25, -0.2) is 0 Å². The molecule has 2 rings (SSSR count). The lowest BCUT2D eigenvalue weighted by molar-refractivity contribution is -0.125. The molecule has 0 spiro atoms. The van der Waals surface area contributed by atoms with Crippen LogP contribution in [0.3, 0.4) is 0 Å². The molecular weight excluding hydrogens is 186 g/mol. The quantitative estimate of drug-likeness (QED) is 0.696. The van der Waals surface area contributed by atoms with E-state index in [2.05, 4.69) is 5.32 Å². The summed E-state index contributed by atoms with van der Waals surface area (Å²) in [5.41, 5.74) is 0. The lowest BCUT2D eigenvalue weighted by atomic mass is 10.0.